The number of carbonyl (C=O) groups excluding carboxylic acids is 1. The second-order valence-electron chi connectivity index (χ2n) is 10.0. The summed E-state index contributed by atoms with van der Waals surface area (Å²) < 4.78 is 41.5. The van der Waals surface area contributed by atoms with Gasteiger partial charge in [-0.25, -0.2) is 17.5 Å². The van der Waals surface area contributed by atoms with Crippen molar-refractivity contribution in [1.29, 1.82) is 0 Å². The highest BCUT2D eigenvalue weighted by atomic mass is 32.2. The number of carbonyl (C=O) groups is 1. The summed E-state index contributed by atoms with van der Waals surface area (Å²) in [5.41, 5.74) is 5.59. The van der Waals surface area contributed by atoms with E-state index in [1.807, 2.05) is 58.8 Å². The van der Waals surface area contributed by atoms with Crippen molar-refractivity contribution in [2.24, 2.45) is 0 Å². The van der Waals surface area contributed by atoms with Crippen LogP contribution in [-0.2, 0) is 27.8 Å². The molecule has 0 radical (unpaired) electrons. The summed E-state index contributed by atoms with van der Waals surface area (Å²) in [6.07, 6.45) is -0.0529. The van der Waals surface area contributed by atoms with Crippen LogP contribution < -0.4 is 4.72 Å². The van der Waals surface area contributed by atoms with E-state index in [2.05, 4.69) is 4.72 Å². The van der Waals surface area contributed by atoms with E-state index in [9.17, 15) is 17.6 Å². The van der Waals surface area contributed by atoms with Gasteiger partial charge in [0.05, 0.1) is 11.3 Å². The molecule has 1 N–H and O–H groups in total. The zero-order chi connectivity index (χ0) is 26.6. The predicted octanol–water partition coefficient (Wildman–Crippen LogP) is 5.85. The first-order chi connectivity index (χ1) is 16.9. The molecule has 0 aliphatic carbocycles. The van der Waals surface area contributed by atoms with Gasteiger partial charge < -0.3 is 4.90 Å². The standard InChI is InChI=1S/C29H35FN2O3S/c1-19(2)26-15-23(22-9-11-24(30)12-10-22)16-27(20(3)4)28(26)17-29(33)31-36(34,35)25-13-7-21(8-14-25)18-32(5)6/h7-16,19-20H,17-18H2,1-6H3,(H,31,33). The topological polar surface area (TPSA) is 66.5 Å². The molecule has 5 nitrogen and oxygen atoms in total. The molecule has 0 spiro atoms. The van der Waals surface area contributed by atoms with Crippen LogP contribution >= 0.6 is 0 Å². The van der Waals surface area contributed by atoms with Crippen molar-refractivity contribution < 1.29 is 17.6 Å². The second-order valence-corrected chi connectivity index (χ2v) is 11.7. The zero-order valence-corrected chi connectivity index (χ0v) is 22.6. The maximum atomic E-state index is 13.5. The number of nitrogens with zero attached hydrogens (tertiary/aromatic N) is 1. The molecule has 0 heterocycles. The van der Waals surface area contributed by atoms with Crippen LogP contribution in [0.15, 0.2) is 65.6 Å². The molecule has 0 saturated heterocycles. The molecule has 0 bridgehead atoms. The van der Waals surface area contributed by atoms with Crippen LogP contribution in [0.2, 0.25) is 0 Å². The summed E-state index contributed by atoms with van der Waals surface area (Å²) in [4.78, 5) is 15.1. The molecule has 36 heavy (non-hydrogen) atoms. The molecule has 0 saturated carbocycles. The smallest absolute Gasteiger partial charge is 0.264 e. The maximum absolute atomic E-state index is 13.5. The van der Waals surface area contributed by atoms with E-state index in [0.717, 1.165) is 33.4 Å². The number of benzene rings is 3. The number of amides is 1. The molecule has 3 aromatic rings. The van der Waals surface area contributed by atoms with Crippen LogP contribution in [0.5, 0.6) is 0 Å². The Hall–Kier alpha value is -3.03. The van der Waals surface area contributed by atoms with E-state index in [1.165, 1.54) is 24.3 Å². The summed E-state index contributed by atoms with van der Waals surface area (Å²) in [5, 5.41) is 0. The minimum absolute atomic E-state index is 0.0529. The van der Waals surface area contributed by atoms with E-state index in [1.54, 1.807) is 24.3 Å². The molecule has 0 fully saturated rings. The lowest BCUT2D eigenvalue weighted by atomic mass is 9.84. The summed E-state index contributed by atoms with van der Waals surface area (Å²) in [5.74, 6) is -0.669. The normalized spacial score (nSPS) is 11.9. The Labute approximate surface area is 214 Å². The van der Waals surface area contributed by atoms with E-state index >= 15 is 0 Å². The fourth-order valence-electron chi connectivity index (χ4n) is 4.31. The molecule has 1 amide bonds. The lowest BCUT2D eigenvalue weighted by Crippen LogP contribution is -2.32. The molecule has 3 aromatic carbocycles. The van der Waals surface area contributed by atoms with E-state index in [-0.39, 0.29) is 29.0 Å². The number of hydrogen-bond acceptors (Lipinski definition) is 4. The van der Waals surface area contributed by atoms with Gasteiger partial charge in [-0.2, -0.15) is 0 Å². The predicted molar refractivity (Wildman–Crippen MR) is 143 cm³/mol. The van der Waals surface area contributed by atoms with Crippen molar-refractivity contribution in [2.45, 2.75) is 57.4 Å². The number of sulfonamides is 1. The van der Waals surface area contributed by atoms with Crippen molar-refractivity contribution in [3.8, 4) is 11.1 Å². The lowest BCUT2D eigenvalue weighted by Gasteiger charge is -2.22. The number of halogens is 1. The van der Waals surface area contributed by atoms with Crippen LogP contribution in [0, 0.1) is 5.82 Å². The number of nitrogens with one attached hydrogen (secondary N) is 1. The molecule has 0 aromatic heterocycles. The third-order valence-corrected chi connectivity index (χ3v) is 7.45. The summed E-state index contributed by atoms with van der Waals surface area (Å²) in [6, 6.07) is 16.9. The maximum Gasteiger partial charge on any atom is 0.264 e. The molecular weight excluding hydrogens is 475 g/mol. The van der Waals surface area contributed by atoms with Gasteiger partial charge in [-0.15, -0.1) is 0 Å². The molecule has 0 atom stereocenters. The Morgan fingerprint density at radius 3 is 1.86 bits per heavy atom. The molecule has 7 heteroatoms. The zero-order valence-electron chi connectivity index (χ0n) is 21.8. The van der Waals surface area contributed by atoms with Crippen LogP contribution in [0.4, 0.5) is 4.39 Å². The molecule has 0 aliphatic rings. The van der Waals surface area contributed by atoms with Crippen molar-refractivity contribution >= 4 is 15.9 Å². The minimum atomic E-state index is -3.99. The van der Waals surface area contributed by atoms with Crippen LogP contribution in [0.1, 0.15) is 61.8 Å². The highest BCUT2D eigenvalue weighted by molar-refractivity contribution is 7.90. The SMILES string of the molecule is CC(C)c1cc(-c2ccc(F)cc2)cc(C(C)C)c1CC(=O)NS(=O)(=O)c1ccc(CN(C)C)cc1. The fraction of sp³-hybridized carbons (Fsp3) is 0.345. The summed E-state index contributed by atoms with van der Waals surface area (Å²) >= 11 is 0. The summed E-state index contributed by atoms with van der Waals surface area (Å²) in [6.45, 7) is 8.86. The van der Waals surface area contributed by atoms with Crippen LogP contribution in [0.3, 0.4) is 0 Å². The Kier molecular flexibility index (Phi) is 8.69. The van der Waals surface area contributed by atoms with Gasteiger partial charge in [0, 0.05) is 6.54 Å². The fourth-order valence-corrected chi connectivity index (χ4v) is 5.29. The van der Waals surface area contributed by atoms with E-state index < -0.39 is 15.9 Å². The van der Waals surface area contributed by atoms with E-state index in [4.69, 9.17) is 0 Å². The highest BCUT2D eigenvalue weighted by Gasteiger charge is 2.22. The first-order valence-corrected chi connectivity index (χ1v) is 13.6. The van der Waals surface area contributed by atoms with Crippen molar-refractivity contribution in [1.82, 2.24) is 9.62 Å². The Morgan fingerprint density at radius 1 is 0.861 bits per heavy atom. The van der Waals surface area contributed by atoms with Crippen molar-refractivity contribution in [2.75, 3.05) is 14.1 Å². The van der Waals surface area contributed by atoms with Crippen molar-refractivity contribution in [3.05, 3.63) is 88.7 Å². The average molecular weight is 511 g/mol. The van der Waals surface area contributed by atoms with E-state index in [0.29, 0.717) is 6.54 Å². The third kappa shape index (κ3) is 6.80. The van der Waals surface area contributed by atoms with Gasteiger partial charge >= 0.3 is 0 Å². The molecule has 3 rings (SSSR count). The quantitative estimate of drug-likeness (QED) is 0.392. The lowest BCUT2D eigenvalue weighted by molar-refractivity contribution is -0.118. The highest BCUT2D eigenvalue weighted by Crippen LogP contribution is 2.34. The number of rotatable bonds is 9. The van der Waals surface area contributed by atoms with Gasteiger partial charge in [0.15, 0.2) is 0 Å². The second kappa shape index (κ2) is 11.4. The molecule has 0 unspecified atom stereocenters. The summed E-state index contributed by atoms with van der Waals surface area (Å²) in [7, 11) is -0.118. The van der Waals surface area contributed by atoms with Gasteiger partial charge in [0.25, 0.3) is 10.0 Å². The first-order valence-electron chi connectivity index (χ1n) is 12.1. The largest absolute Gasteiger partial charge is 0.305 e. The van der Waals surface area contributed by atoms with Crippen LogP contribution in [-0.4, -0.2) is 33.3 Å². The molecule has 0 aliphatic heterocycles. The molecule has 192 valence electrons. The number of hydrogen-bond donors (Lipinski definition) is 1. The van der Waals surface area contributed by atoms with Gasteiger partial charge in [0.2, 0.25) is 5.91 Å². The first kappa shape index (κ1) is 27.6. The monoisotopic (exact) mass is 510 g/mol. The average Bonchev–Trinajstić information content (AvgIpc) is 2.79. The van der Waals surface area contributed by atoms with Gasteiger partial charge in [-0.3, -0.25) is 4.79 Å². The van der Waals surface area contributed by atoms with Crippen LogP contribution in [0.25, 0.3) is 11.1 Å². The third-order valence-electron chi connectivity index (χ3n) is 6.06. The van der Waals surface area contributed by atoms with Gasteiger partial charge in [0.1, 0.15) is 5.82 Å². The van der Waals surface area contributed by atoms with Crippen molar-refractivity contribution in [3.63, 3.8) is 0 Å². The Bertz CT molecular complexity index is 1280. The minimum Gasteiger partial charge on any atom is -0.305 e. The molecular formula is C29H35FN2O3S. The Balaban J connectivity index is 1.91. The Morgan fingerprint density at radius 2 is 1.39 bits per heavy atom. The van der Waals surface area contributed by atoms with Gasteiger partial charge in [-0.05, 0) is 83.6 Å². The van der Waals surface area contributed by atoms with Gasteiger partial charge in [-0.1, -0.05) is 64.1 Å².